The van der Waals surface area contributed by atoms with Gasteiger partial charge in [0.1, 0.15) is 0 Å². The van der Waals surface area contributed by atoms with Crippen LogP contribution in [0.25, 0.3) is 0 Å². The van der Waals surface area contributed by atoms with E-state index in [2.05, 4.69) is 32.7 Å². The minimum absolute atomic E-state index is 0.105. The first-order chi connectivity index (χ1) is 10.1. The molecule has 0 N–H and O–H groups in total. The van der Waals surface area contributed by atoms with Crippen molar-refractivity contribution in [2.45, 2.75) is 25.7 Å². The quantitative estimate of drug-likeness (QED) is 0.732. The molecule has 21 heavy (non-hydrogen) atoms. The lowest BCUT2D eigenvalue weighted by Crippen LogP contribution is -2.38. The van der Waals surface area contributed by atoms with Gasteiger partial charge in [-0.3, -0.25) is 4.79 Å². The third kappa shape index (κ3) is 3.25. The molecule has 0 aliphatic carbocycles. The van der Waals surface area contributed by atoms with Gasteiger partial charge < -0.3 is 9.42 Å². The summed E-state index contributed by atoms with van der Waals surface area (Å²) in [6.07, 6.45) is 1.74. The third-order valence-corrected chi connectivity index (χ3v) is 4.42. The average molecular weight is 397 g/mol. The lowest BCUT2D eigenvalue weighted by Gasteiger charge is -2.30. The summed E-state index contributed by atoms with van der Waals surface area (Å²) in [6.45, 7) is 3.29. The number of hydrogen-bond donors (Lipinski definition) is 0. The summed E-state index contributed by atoms with van der Waals surface area (Å²) in [4.78, 5) is 18.7. The highest BCUT2D eigenvalue weighted by Crippen LogP contribution is 2.27. The Morgan fingerprint density at radius 1 is 1.38 bits per heavy atom. The summed E-state index contributed by atoms with van der Waals surface area (Å²) in [5, 5.41) is 3.84. The van der Waals surface area contributed by atoms with E-state index in [1.54, 1.807) is 0 Å². The van der Waals surface area contributed by atoms with Crippen molar-refractivity contribution in [1.29, 1.82) is 0 Å². The molecule has 5 nitrogen and oxygen atoms in total. The van der Waals surface area contributed by atoms with Crippen molar-refractivity contribution < 1.29 is 9.32 Å². The van der Waals surface area contributed by atoms with E-state index in [9.17, 15) is 4.79 Å². The SMILES string of the molecule is Cc1noc(C2CCN(C(=O)c3cccc(I)c3)CC2)n1. The van der Waals surface area contributed by atoms with Crippen LogP contribution in [0.3, 0.4) is 0 Å². The van der Waals surface area contributed by atoms with Crippen LogP contribution < -0.4 is 0 Å². The second kappa shape index (κ2) is 6.13. The minimum Gasteiger partial charge on any atom is -0.339 e. The van der Waals surface area contributed by atoms with Crippen LogP contribution in [0.4, 0.5) is 0 Å². The van der Waals surface area contributed by atoms with Crippen molar-refractivity contribution in [1.82, 2.24) is 15.0 Å². The van der Waals surface area contributed by atoms with Crippen LogP contribution in [0, 0.1) is 10.5 Å². The summed E-state index contributed by atoms with van der Waals surface area (Å²) in [6, 6.07) is 7.71. The summed E-state index contributed by atoms with van der Waals surface area (Å²) < 4.78 is 6.31. The van der Waals surface area contributed by atoms with Gasteiger partial charge in [0.15, 0.2) is 5.82 Å². The number of nitrogens with zero attached hydrogens (tertiary/aromatic N) is 3. The molecule has 0 bridgehead atoms. The standard InChI is InChI=1S/C15H16IN3O2/c1-10-17-14(21-18-10)11-5-7-19(8-6-11)15(20)12-3-2-4-13(16)9-12/h2-4,9,11H,5-8H2,1H3. The summed E-state index contributed by atoms with van der Waals surface area (Å²) >= 11 is 2.22. The molecule has 1 aliphatic heterocycles. The van der Waals surface area contributed by atoms with E-state index in [4.69, 9.17) is 4.52 Å². The first-order valence-electron chi connectivity index (χ1n) is 6.98. The van der Waals surface area contributed by atoms with E-state index in [-0.39, 0.29) is 11.8 Å². The van der Waals surface area contributed by atoms with E-state index < -0.39 is 0 Å². The molecule has 110 valence electrons. The predicted octanol–water partition coefficient (Wildman–Crippen LogP) is 3.00. The predicted molar refractivity (Wildman–Crippen MR) is 86.1 cm³/mol. The van der Waals surface area contributed by atoms with Crippen molar-refractivity contribution in [2.75, 3.05) is 13.1 Å². The zero-order chi connectivity index (χ0) is 14.8. The fraction of sp³-hybridized carbons (Fsp3) is 0.400. The highest BCUT2D eigenvalue weighted by Gasteiger charge is 2.27. The van der Waals surface area contributed by atoms with Crippen molar-refractivity contribution in [3.8, 4) is 0 Å². The third-order valence-electron chi connectivity index (χ3n) is 3.75. The Hall–Kier alpha value is -1.44. The van der Waals surface area contributed by atoms with Crippen molar-refractivity contribution >= 4 is 28.5 Å². The lowest BCUT2D eigenvalue weighted by atomic mass is 9.96. The Morgan fingerprint density at radius 3 is 2.76 bits per heavy atom. The van der Waals surface area contributed by atoms with Crippen LogP contribution in [0.15, 0.2) is 28.8 Å². The molecule has 0 unspecified atom stereocenters. The van der Waals surface area contributed by atoms with Gasteiger partial charge in [0.2, 0.25) is 5.89 Å². The normalized spacial score (nSPS) is 16.2. The Labute approximate surface area is 136 Å². The Morgan fingerprint density at radius 2 is 2.14 bits per heavy atom. The second-order valence-electron chi connectivity index (χ2n) is 5.26. The zero-order valence-corrected chi connectivity index (χ0v) is 13.9. The van der Waals surface area contributed by atoms with Crippen molar-refractivity contribution in [2.24, 2.45) is 0 Å². The number of benzene rings is 1. The average Bonchev–Trinajstić information content (AvgIpc) is 2.93. The number of hydrogen-bond acceptors (Lipinski definition) is 4. The smallest absolute Gasteiger partial charge is 0.253 e. The molecule has 1 aromatic heterocycles. The van der Waals surface area contributed by atoms with Gasteiger partial charge in [-0.2, -0.15) is 4.98 Å². The maximum Gasteiger partial charge on any atom is 0.253 e. The van der Waals surface area contributed by atoms with E-state index in [1.165, 1.54) is 0 Å². The van der Waals surface area contributed by atoms with Gasteiger partial charge in [-0.25, -0.2) is 0 Å². The zero-order valence-electron chi connectivity index (χ0n) is 11.8. The Balaban J connectivity index is 1.64. The monoisotopic (exact) mass is 397 g/mol. The number of piperidine rings is 1. The number of aryl methyl sites for hydroxylation is 1. The second-order valence-corrected chi connectivity index (χ2v) is 6.50. The molecule has 1 aliphatic rings. The molecule has 2 aromatic rings. The molecule has 0 atom stereocenters. The van der Waals surface area contributed by atoms with E-state index in [1.807, 2.05) is 36.1 Å². The van der Waals surface area contributed by atoms with E-state index in [0.717, 1.165) is 35.1 Å². The van der Waals surface area contributed by atoms with Crippen LogP contribution in [0.1, 0.15) is 40.8 Å². The molecule has 0 radical (unpaired) electrons. The van der Waals surface area contributed by atoms with Crippen LogP contribution >= 0.6 is 22.6 Å². The molecular weight excluding hydrogens is 381 g/mol. The minimum atomic E-state index is 0.105. The molecular formula is C15H16IN3O2. The number of carbonyl (C=O) groups is 1. The molecule has 3 rings (SSSR count). The van der Waals surface area contributed by atoms with Gasteiger partial charge in [-0.05, 0) is 60.6 Å². The fourth-order valence-corrected chi connectivity index (χ4v) is 3.16. The van der Waals surface area contributed by atoms with Crippen LogP contribution in [-0.2, 0) is 0 Å². The molecule has 2 heterocycles. The number of aromatic nitrogens is 2. The van der Waals surface area contributed by atoms with Gasteiger partial charge in [-0.15, -0.1) is 0 Å². The summed E-state index contributed by atoms with van der Waals surface area (Å²) in [7, 11) is 0. The maximum atomic E-state index is 12.5. The topological polar surface area (TPSA) is 59.2 Å². The number of halogens is 1. The van der Waals surface area contributed by atoms with Crippen LogP contribution in [0.2, 0.25) is 0 Å². The van der Waals surface area contributed by atoms with Crippen LogP contribution in [-0.4, -0.2) is 34.0 Å². The molecule has 1 saturated heterocycles. The molecule has 1 amide bonds. The summed E-state index contributed by atoms with van der Waals surface area (Å²) in [5.41, 5.74) is 0.758. The van der Waals surface area contributed by atoms with Gasteiger partial charge in [0, 0.05) is 28.1 Å². The van der Waals surface area contributed by atoms with Crippen LogP contribution in [0.5, 0.6) is 0 Å². The Kier molecular flexibility index (Phi) is 4.23. The number of carbonyl (C=O) groups excluding carboxylic acids is 1. The highest BCUT2D eigenvalue weighted by atomic mass is 127. The largest absolute Gasteiger partial charge is 0.339 e. The molecule has 0 spiro atoms. The van der Waals surface area contributed by atoms with Gasteiger partial charge in [0.05, 0.1) is 0 Å². The number of amides is 1. The van der Waals surface area contributed by atoms with E-state index in [0.29, 0.717) is 11.7 Å². The number of likely N-dealkylation sites (tertiary alicyclic amines) is 1. The first-order valence-corrected chi connectivity index (χ1v) is 8.06. The van der Waals surface area contributed by atoms with Gasteiger partial charge in [0.25, 0.3) is 5.91 Å². The van der Waals surface area contributed by atoms with Gasteiger partial charge >= 0.3 is 0 Å². The summed E-state index contributed by atoms with van der Waals surface area (Å²) in [5.74, 6) is 1.75. The molecule has 0 saturated carbocycles. The van der Waals surface area contributed by atoms with Crippen molar-refractivity contribution in [3.05, 3.63) is 45.1 Å². The molecule has 1 fully saturated rings. The highest BCUT2D eigenvalue weighted by molar-refractivity contribution is 14.1. The first kappa shape index (κ1) is 14.5. The Bertz CT molecular complexity index is 648. The van der Waals surface area contributed by atoms with Gasteiger partial charge in [-0.1, -0.05) is 11.2 Å². The lowest BCUT2D eigenvalue weighted by molar-refractivity contribution is 0.0704. The maximum absolute atomic E-state index is 12.5. The fourth-order valence-electron chi connectivity index (χ4n) is 2.61. The van der Waals surface area contributed by atoms with Crippen molar-refractivity contribution in [3.63, 3.8) is 0 Å². The molecule has 6 heteroatoms. The van der Waals surface area contributed by atoms with E-state index >= 15 is 0 Å². The number of rotatable bonds is 2. The molecule has 1 aromatic carbocycles.